The second-order valence-corrected chi connectivity index (χ2v) is 4.48. The van der Waals surface area contributed by atoms with Crippen molar-refractivity contribution >= 4 is 5.78 Å². The minimum Gasteiger partial charge on any atom is -0.496 e. The van der Waals surface area contributed by atoms with Crippen LogP contribution in [0.4, 0.5) is 0 Å². The van der Waals surface area contributed by atoms with Gasteiger partial charge in [0.1, 0.15) is 5.75 Å². The van der Waals surface area contributed by atoms with Crippen LogP contribution >= 0.6 is 0 Å². The number of nitrogens with two attached hydrogens (primary N) is 1. The van der Waals surface area contributed by atoms with Crippen LogP contribution in [-0.2, 0) is 0 Å². The van der Waals surface area contributed by atoms with Crippen molar-refractivity contribution in [3.05, 3.63) is 29.3 Å². The topological polar surface area (TPSA) is 52.3 Å². The zero-order chi connectivity index (χ0) is 11.7. The number of ether oxygens (including phenoxy) is 1. The Labute approximate surface area is 95.6 Å². The molecule has 0 amide bonds. The molecule has 0 radical (unpaired) electrons. The van der Waals surface area contributed by atoms with Gasteiger partial charge in [0.15, 0.2) is 5.78 Å². The van der Waals surface area contributed by atoms with Crippen molar-refractivity contribution in [1.29, 1.82) is 0 Å². The number of benzene rings is 1. The van der Waals surface area contributed by atoms with Gasteiger partial charge in [-0.15, -0.1) is 0 Å². The highest BCUT2D eigenvalue weighted by molar-refractivity contribution is 5.98. The summed E-state index contributed by atoms with van der Waals surface area (Å²) in [6, 6.07) is 5.79. The molecule has 0 atom stereocenters. The normalized spacial score (nSPS) is 23.7. The Balaban J connectivity index is 2.15. The molecule has 0 heterocycles. The molecule has 0 aliphatic heterocycles. The summed E-state index contributed by atoms with van der Waals surface area (Å²) in [5.41, 5.74) is 7.46. The average molecular weight is 219 g/mol. The van der Waals surface area contributed by atoms with E-state index in [1.54, 1.807) is 7.11 Å². The molecule has 0 unspecified atom stereocenters. The average Bonchev–Trinajstić information content (AvgIpc) is 2.24. The molecule has 1 aromatic carbocycles. The number of ketones is 1. The van der Waals surface area contributed by atoms with Crippen LogP contribution in [0.1, 0.15) is 28.8 Å². The maximum absolute atomic E-state index is 12.0. The van der Waals surface area contributed by atoms with Gasteiger partial charge in [0.05, 0.1) is 7.11 Å². The van der Waals surface area contributed by atoms with Gasteiger partial charge in [-0.3, -0.25) is 4.79 Å². The van der Waals surface area contributed by atoms with Gasteiger partial charge in [0, 0.05) is 17.5 Å². The summed E-state index contributed by atoms with van der Waals surface area (Å²) >= 11 is 0. The van der Waals surface area contributed by atoms with E-state index in [0.717, 1.165) is 29.7 Å². The number of carbonyl (C=O) groups excluding carboxylic acids is 1. The second kappa shape index (κ2) is 4.26. The molecule has 0 aromatic heterocycles. The standard InChI is InChI=1S/C13H17NO2/c1-8-5-9(3-4-12(8)16-2)13(15)10-6-11(14)7-10/h3-5,10-11H,6-7,14H2,1-2H3. The molecular weight excluding hydrogens is 202 g/mol. The smallest absolute Gasteiger partial charge is 0.166 e. The van der Waals surface area contributed by atoms with E-state index >= 15 is 0 Å². The molecule has 1 aromatic rings. The Morgan fingerprint density at radius 3 is 2.62 bits per heavy atom. The fourth-order valence-corrected chi connectivity index (χ4v) is 2.14. The van der Waals surface area contributed by atoms with Crippen LogP contribution in [-0.4, -0.2) is 18.9 Å². The van der Waals surface area contributed by atoms with Crippen molar-refractivity contribution < 1.29 is 9.53 Å². The highest BCUT2D eigenvalue weighted by atomic mass is 16.5. The maximum atomic E-state index is 12.0. The van der Waals surface area contributed by atoms with Crippen molar-refractivity contribution in [3.8, 4) is 5.75 Å². The molecule has 0 spiro atoms. The molecule has 0 bridgehead atoms. The number of hydrogen-bond donors (Lipinski definition) is 1. The van der Waals surface area contributed by atoms with Crippen molar-refractivity contribution in [3.63, 3.8) is 0 Å². The van der Waals surface area contributed by atoms with E-state index in [1.807, 2.05) is 25.1 Å². The lowest BCUT2D eigenvalue weighted by molar-refractivity contribution is 0.0832. The van der Waals surface area contributed by atoms with E-state index in [0.29, 0.717) is 0 Å². The molecule has 1 saturated carbocycles. The first kappa shape index (κ1) is 11.1. The third-order valence-corrected chi connectivity index (χ3v) is 3.22. The molecule has 86 valence electrons. The van der Waals surface area contributed by atoms with E-state index < -0.39 is 0 Å². The molecule has 1 fully saturated rings. The predicted molar refractivity (Wildman–Crippen MR) is 62.8 cm³/mol. The molecular formula is C13H17NO2. The Hall–Kier alpha value is -1.35. The van der Waals surface area contributed by atoms with Gasteiger partial charge in [-0.2, -0.15) is 0 Å². The molecule has 3 heteroatoms. The van der Waals surface area contributed by atoms with Gasteiger partial charge in [-0.1, -0.05) is 0 Å². The first-order chi connectivity index (χ1) is 7.61. The van der Waals surface area contributed by atoms with Gasteiger partial charge in [0.25, 0.3) is 0 Å². The summed E-state index contributed by atoms with van der Waals surface area (Å²) in [5.74, 6) is 1.16. The van der Waals surface area contributed by atoms with Gasteiger partial charge >= 0.3 is 0 Å². The number of carbonyl (C=O) groups is 1. The summed E-state index contributed by atoms with van der Waals surface area (Å²) in [4.78, 5) is 12.0. The fraction of sp³-hybridized carbons (Fsp3) is 0.462. The van der Waals surface area contributed by atoms with Crippen LogP contribution in [0.25, 0.3) is 0 Å². The molecule has 0 saturated heterocycles. The summed E-state index contributed by atoms with van der Waals surface area (Å²) in [6.07, 6.45) is 1.65. The quantitative estimate of drug-likeness (QED) is 0.790. The Kier molecular flexibility index (Phi) is 2.97. The van der Waals surface area contributed by atoms with Gasteiger partial charge in [-0.25, -0.2) is 0 Å². The van der Waals surface area contributed by atoms with Crippen molar-refractivity contribution in [2.75, 3.05) is 7.11 Å². The third kappa shape index (κ3) is 1.95. The SMILES string of the molecule is COc1ccc(C(=O)C2CC(N)C2)cc1C. The third-order valence-electron chi connectivity index (χ3n) is 3.22. The molecule has 2 N–H and O–H groups in total. The highest BCUT2D eigenvalue weighted by Crippen LogP contribution is 2.30. The van der Waals surface area contributed by atoms with Gasteiger partial charge in [-0.05, 0) is 43.5 Å². The minimum atomic E-state index is 0.128. The number of rotatable bonds is 3. The van der Waals surface area contributed by atoms with E-state index in [2.05, 4.69) is 0 Å². The van der Waals surface area contributed by atoms with E-state index in [1.165, 1.54) is 0 Å². The lowest BCUT2D eigenvalue weighted by Gasteiger charge is -2.31. The van der Waals surface area contributed by atoms with E-state index in [-0.39, 0.29) is 17.7 Å². The molecule has 16 heavy (non-hydrogen) atoms. The maximum Gasteiger partial charge on any atom is 0.166 e. The van der Waals surface area contributed by atoms with Crippen LogP contribution in [0.5, 0.6) is 5.75 Å². The zero-order valence-corrected chi connectivity index (χ0v) is 9.69. The number of methoxy groups -OCH3 is 1. The predicted octanol–water partition coefficient (Wildman–Crippen LogP) is 1.92. The first-order valence-electron chi connectivity index (χ1n) is 5.56. The Morgan fingerprint density at radius 1 is 1.44 bits per heavy atom. The van der Waals surface area contributed by atoms with Crippen LogP contribution in [0.3, 0.4) is 0 Å². The lowest BCUT2D eigenvalue weighted by Crippen LogP contribution is -2.40. The second-order valence-electron chi connectivity index (χ2n) is 4.48. The number of Topliss-reactive ketones (excluding diaryl/α,β-unsaturated/α-hetero) is 1. The number of hydrogen-bond acceptors (Lipinski definition) is 3. The summed E-state index contributed by atoms with van der Waals surface area (Å²) < 4.78 is 5.17. The molecule has 1 aliphatic rings. The molecule has 3 nitrogen and oxygen atoms in total. The van der Waals surface area contributed by atoms with Crippen LogP contribution in [0, 0.1) is 12.8 Å². The summed E-state index contributed by atoms with van der Waals surface area (Å²) in [6.45, 7) is 1.95. The fourth-order valence-electron chi connectivity index (χ4n) is 2.14. The lowest BCUT2D eigenvalue weighted by atomic mass is 9.76. The van der Waals surface area contributed by atoms with Crippen LogP contribution < -0.4 is 10.5 Å². The van der Waals surface area contributed by atoms with Crippen molar-refractivity contribution in [2.24, 2.45) is 11.7 Å². The van der Waals surface area contributed by atoms with Crippen molar-refractivity contribution in [2.45, 2.75) is 25.8 Å². The highest BCUT2D eigenvalue weighted by Gasteiger charge is 2.32. The largest absolute Gasteiger partial charge is 0.496 e. The molecule has 2 rings (SSSR count). The molecule has 1 aliphatic carbocycles. The van der Waals surface area contributed by atoms with Crippen LogP contribution in [0.15, 0.2) is 18.2 Å². The Morgan fingerprint density at radius 2 is 2.12 bits per heavy atom. The summed E-state index contributed by atoms with van der Waals surface area (Å²) in [5, 5.41) is 0. The zero-order valence-electron chi connectivity index (χ0n) is 9.69. The Bertz CT molecular complexity index is 408. The van der Waals surface area contributed by atoms with Gasteiger partial charge in [0.2, 0.25) is 0 Å². The van der Waals surface area contributed by atoms with Crippen molar-refractivity contribution in [1.82, 2.24) is 0 Å². The summed E-state index contributed by atoms with van der Waals surface area (Å²) in [7, 11) is 1.63. The number of aryl methyl sites for hydroxylation is 1. The van der Waals surface area contributed by atoms with E-state index in [4.69, 9.17) is 10.5 Å². The van der Waals surface area contributed by atoms with Crippen LogP contribution in [0.2, 0.25) is 0 Å². The van der Waals surface area contributed by atoms with Gasteiger partial charge < -0.3 is 10.5 Å². The minimum absolute atomic E-state index is 0.128. The first-order valence-corrected chi connectivity index (χ1v) is 5.56. The monoisotopic (exact) mass is 219 g/mol. The van der Waals surface area contributed by atoms with E-state index in [9.17, 15) is 4.79 Å².